The highest BCUT2D eigenvalue weighted by Gasteiger charge is 2.17. The summed E-state index contributed by atoms with van der Waals surface area (Å²) < 4.78 is 35.6. The summed E-state index contributed by atoms with van der Waals surface area (Å²) in [5.74, 6) is -1.34. The molecule has 0 heterocycles. The number of amides is 1. The first-order valence-electron chi connectivity index (χ1n) is 5.84. The molecule has 0 spiro atoms. The van der Waals surface area contributed by atoms with Crippen LogP contribution in [0.15, 0.2) is 23.1 Å². The van der Waals surface area contributed by atoms with E-state index in [2.05, 4.69) is 5.32 Å². The Morgan fingerprint density at radius 1 is 1.32 bits per heavy atom. The lowest BCUT2D eigenvalue weighted by molar-refractivity contribution is 0.0934. The zero-order valence-electron chi connectivity index (χ0n) is 10.6. The number of halogens is 2. The minimum absolute atomic E-state index is 0.0353. The molecule has 0 unspecified atom stereocenters. The molecule has 0 aliphatic carbocycles. The molecule has 106 valence electrons. The van der Waals surface area contributed by atoms with Gasteiger partial charge in [-0.2, -0.15) is 0 Å². The van der Waals surface area contributed by atoms with Crippen LogP contribution >= 0.6 is 10.7 Å². The lowest BCUT2D eigenvalue weighted by Gasteiger charge is -2.14. The van der Waals surface area contributed by atoms with Crippen LogP contribution in [0, 0.1) is 5.82 Å². The Morgan fingerprint density at radius 3 is 2.37 bits per heavy atom. The Balaban J connectivity index is 3.08. The molecule has 0 aliphatic rings. The quantitative estimate of drug-likeness (QED) is 0.851. The second-order valence-corrected chi connectivity index (χ2v) is 6.67. The second-order valence-electron chi connectivity index (χ2n) is 4.10. The fourth-order valence-electron chi connectivity index (χ4n) is 1.60. The van der Waals surface area contributed by atoms with Crippen molar-refractivity contribution in [3.63, 3.8) is 0 Å². The van der Waals surface area contributed by atoms with Gasteiger partial charge in [0.05, 0.1) is 4.90 Å². The largest absolute Gasteiger partial charge is 0.349 e. The van der Waals surface area contributed by atoms with Gasteiger partial charge in [-0.25, -0.2) is 12.8 Å². The van der Waals surface area contributed by atoms with Gasteiger partial charge >= 0.3 is 0 Å². The molecule has 1 aromatic rings. The molecule has 1 amide bonds. The molecule has 1 aromatic carbocycles. The summed E-state index contributed by atoms with van der Waals surface area (Å²) in [6, 6.07) is 2.77. The lowest BCUT2D eigenvalue weighted by atomic mass is 10.1. The van der Waals surface area contributed by atoms with Crippen molar-refractivity contribution in [1.82, 2.24) is 5.32 Å². The van der Waals surface area contributed by atoms with E-state index < -0.39 is 25.7 Å². The number of carbonyl (C=O) groups is 1. The predicted molar refractivity (Wildman–Crippen MR) is 71.3 cm³/mol. The highest BCUT2D eigenvalue weighted by atomic mass is 35.7. The molecule has 1 N–H and O–H groups in total. The third kappa shape index (κ3) is 4.47. The molecule has 0 saturated heterocycles. The molecular formula is C12H15ClFNO3S. The Bertz CT molecular complexity index is 570. The summed E-state index contributed by atoms with van der Waals surface area (Å²) in [5.41, 5.74) is -0.0638. The zero-order valence-corrected chi connectivity index (χ0v) is 12.2. The Morgan fingerprint density at radius 2 is 1.89 bits per heavy atom. The SMILES string of the molecule is CCC(CC)NC(=O)c1cc(F)cc(S(=O)(=O)Cl)c1. The molecular weight excluding hydrogens is 293 g/mol. The summed E-state index contributed by atoms with van der Waals surface area (Å²) in [7, 11) is 1.07. The third-order valence-corrected chi connectivity index (χ3v) is 4.07. The molecule has 0 saturated carbocycles. The average Bonchev–Trinajstić information content (AvgIpc) is 2.33. The Kier molecular flexibility index (Phi) is 5.31. The van der Waals surface area contributed by atoms with Crippen LogP contribution in [0.2, 0.25) is 0 Å². The topological polar surface area (TPSA) is 63.2 Å². The lowest BCUT2D eigenvalue weighted by Crippen LogP contribution is -2.33. The van der Waals surface area contributed by atoms with E-state index in [4.69, 9.17) is 10.7 Å². The highest BCUT2D eigenvalue weighted by molar-refractivity contribution is 8.13. The van der Waals surface area contributed by atoms with Crippen molar-refractivity contribution in [3.05, 3.63) is 29.6 Å². The van der Waals surface area contributed by atoms with E-state index in [-0.39, 0.29) is 11.6 Å². The second kappa shape index (κ2) is 6.34. The number of hydrogen-bond donors (Lipinski definition) is 1. The molecule has 0 bridgehead atoms. The molecule has 19 heavy (non-hydrogen) atoms. The normalized spacial score (nSPS) is 11.6. The molecule has 0 fully saturated rings. The van der Waals surface area contributed by atoms with Crippen LogP contribution in [-0.2, 0) is 9.05 Å². The van der Waals surface area contributed by atoms with E-state index in [9.17, 15) is 17.6 Å². The molecule has 0 atom stereocenters. The summed E-state index contributed by atoms with van der Waals surface area (Å²) >= 11 is 0. The van der Waals surface area contributed by atoms with E-state index in [1.807, 2.05) is 13.8 Å². The van der Waals surface area contributed by atoms with Gasteiger partial charge in [0.15, 0.2) is 0 Å². The highest BCUT2D eigenvalue weighted by Crippen LogP contribution is 2.18. The fourth-order valence-corrected chi connectivity index (χ4v) is 2.38. The number of rotatable bonds is 5. The van der Waals surface area contributed by atoms with Gasteiger partial charge in [-0.05, 0) is 31.0 Å². The van der Waals surface area contributed by atoms with Gasteiger partial charge in [0.1, 0.15) is 5.82 Å². The van der Waals surface area contributed by atoms with Crippen LogP contribution in [0.1, 0.15) is 37.0 Å². The number of carbonyl (C=O) groups excluding carboxylic acids is 1. The van der Waals surface area contributed by atoms with Crippen LogP contribution < -0.4 is 5.32 Å². The molecule has 0 radical (unpaired) electrons. The minimum Gasteiger partial charge on any atom is -0.349 e. The maximum atomic E-state index is 13.3. The summed E-state index contributed by atoms with van der Waals surface area (Å²) in [5, 5.41) is 2.70. The first-order valence-corrected chi connectivity index (χ1v) is 8.15. The number of benzene rings is 1. The van der Waals surface area contributed by atoms with Crippen molar-refractivity contribution in [2.75, 3.05) is 0 Å². The van der Waals surface area contributed by atoms with Crippen molar-refractivity contribution in [2.45, 2.75) is 37.6 Å². The van der Waals surface area contributed by atoms with Crippen LogP contribution in [0.4, 0.5) is 4.39 Å². The van der Waals surface area contributed by atoms with Gasteiger partial charge in [0.25, 0.3) is 15.0 Å². The summed E-state index contributed by atoms with van der Waals surface area (Å²) in [6.07, 6.45) is 1.47. The van der Waals surface area contributed by atoms with Crippen LogP contribution in [-0.4, -0.2) is 20.4 Å². The van der Waals surface area contributed by atoms with Crippen LogP contribution in [0.3, 0.4) is 0 Å². The minimum atomic E-state index is -4.07. The van der Waals surface area contributed by atoms with Gasteiger partial charge in [-0.1, -0.05) is 13.8 Å². The van der Waals surface area contributed by atoms with Crippen molar-refractivity contribution in [1.29, 1.82) is 0 Å². The van der Waals surface area contributed by atoms with Gasteiger partial charge in [0.2, 0.25) is 0 Å². The van der Waals surface area contributed by atoms with E-state index in [0.717, 1.165) is 31.0 Å². The fraction of sp³-hybridized carbons (Fsp3) is 0.417. The molecule has 0 aliphatic heterocycles. The van der Waals surface area contributed by atoms with Crippen molar-refractivity contribution >= 4 is 25.6 Å². The van der Waals surface area contributed by atoms with Crippen LogP contribution in [0.25, 0.3) is 0 Å². The first-order chi connectivity index (χ1) is 8.77. The van der Waals surface area contributed by atoms with E-state index >= 15 is 0 Å². The number of hydrogen-bond acceptors (Lipinski definition) is 3. The monoisotopic (exact) mass is 307 g/mol. The Labute approximate surface area is 116 Å². The summed E-state index contributed by atoms with van der Waals surface area (Å²) in [6.45, 7) is 3.82. The standard InChI is InChI=1S/C12H15ClFNO3S/c1-3-10(4-2)15-12(16)8-5-9(14)7-11(6-8)19(13,17)18/h5-7,10H,3-4H2,1-2H3,(H,15,16). The molecule has 0 aromatic heterocycles. The van der Waals surface area contributed by atoms with E-state index in [0.29, 0.717) is 0 Å². The molecule has 4 nitrogen and oxygen atoms in total. The van der Waals surface area contributed by atoms with E-state index in [1.165, 1.54) is 0 Å². The Hall–Kier alpha value is -1.14. The predicted octanol–water partition coefficient (Wildman–Crippen LogP) is 2.67. The maximum absolute atomic E-state index is 13.3. The van der Waals surface area contributed by atoms with E-state index in [1.54, 1.807) is 0 Å². The number of nitrogens with one attached hydrogen (secondary N) is 1. The molecule has 7 heteroatoms. The summed E-state index contributed by atoms with van der Waals surface area (Å²) in [4.78, 5) is 11.5. The zero-order chi connectivity index (χ0) is 14.6. The van der Waals surface area contributed by atoms with Gasteiger partial charge < -0.3 is 5.32 Å². The van der Waals surface area contributed by atoms with Gasteiger partial charge in [-0.3, -0.25) is 4.79 Å². The van der Waals surface area contributed by atoms with Crippen molar-refractivity contribution in [3.8, 4) is 0 Å². The van der Waals surface area contributed by atoms with Crippen molar-refractivity contribution < 1.29 is 17.6 Å². The smallest absolute Gasteiger partial charge is 0.261 e. The third-order valence-electron chi connectivity index (χ3n) is 2.74. The molecule has 1 rings (SSSR count). The maximum Gasteiger partial charge on any atom is 0.261 e. The van der Waals surface area contributed by atoms with Gasteiger partial charge in [0, 0.05) is 22.3 Å². The van der Waals surface area contributed by atoms with Crippen LogP contribution in [0.5, 0.6) is 0 Å². The average molecular weight is 308 g/mol. The van der Waals surface area contributed by atoms with Gasteiger partial charge in [-0.15, -0.1) is 0 Å². The first kappa shape index (κ1) is 15.9. The van der Waals surface area contributed by atoms with Crippen molar-refractivity contribution in [2.24, 2.45) is 0 Å².